The number of aryl methyl sites for hydroxylation is 1. The van der Waals surface area contributed by atoms with Gasteiger partial charge in [-0.25, -0.2) is 13.6 Å². The summed E-state index contributed by atoms with van der Waals surface area (Å²) in [6.45, 7) is 6.87. The first kappa shape index (κ1) is 21.5. The molecule has 9 heteroatoms. The maximum Gasteiger partial charge on any atom is 1.00 e. The van der Waals surface area contributed by atoms with E-state index in [1.807, 2.05) is 0 Å². The summed E-state index contributed by atoms with van der Waals surface area (Å²) >= 11 is 0. The number of primary sulfonamides is 1. The number of hydrogen-bond donors (Lipinski definition) is 2. The molecule has 0 bridgehead atoms. The van der Waals surface area contributed by atoms with Crippen LogP contribution in [0.2, 0.25) is 0 Å². The molecule has 0 atom stereocenters. The third kappa shape index (κ3) is 13.0. The van der Waals surface area contributed by atoms with E-state index in [9.17, 15) is 8.42 Å². The maximum absolute atomic E-state index is 10.4. The second kappa shape index (κ2) is 12.0. The Balaban J connectivity index is 0. The predicted molar refractivity (Wildman–Crippen MR) is 75.4 cm³/mol. The van der Waals surface area contributed by atoms with Crippen LogP contribution in [0, 0.1) is 6.20 Å². The maximum atomic E-state index is 10.4. The number of aromatic nitrogens is 3. The topological polar surface area (TPSA) is 102 Å². The summed E-state index contributed by atoms with van der Waals surface area (Å²) in [4.78, 5) is 0. The van der Waals surface area contributed by atoms with Crippen molar-refractivity contribution in [1.29, 1.82) is 0 Å². The van der Waals surface area contributed by atoms with E-state index in [0.29, 0.717) is 13.6 Å². The van der Waals surface area contributed by atoms with Crippen molar-refractivity contribution >= 4 is 17.9 Å². The first-order chi connectivity index (χ1) is 8.42. The first-order valence-electron chi connectivity index (χ1n) is 5.93. The van der Waals surface area contributed by atoms with Gasteiger partial charge in [0.1, 0.15) is 0 Å². The number of rotatable bonds is 6. The molecule has 0 fully saturated rings. The Hall–Kier alpha value is 0.220. The summed E-state index contributed by atoms with van der Waals surface area (Å²) in [5, 5.41) is 13.9. The molecule has 116 valence electrons. The van der Waals surface area contributed by atoms with Crippen LogP contribution in [-0.4, -0.2) is 48.1 Å². The summed E-state index contributed by atoms with van der Waals surface area (Å²) in [6, 6.07) is 0. The Bertz CT molecular complexity index is 390. The van der Waals surface area contributed by atoms with Gasteiger partial charge in [-0.1, -0.05) is 20.8 Å². The van der Waals surface area contributed by atoms with Gasteiger partial charge < -0.3 is 16.4 Å². The van der Waals surface area contributed by atoms with Crippen LogP contribution >= 0.6 is 7.92 Å². The number of aromatic amines is 1. The van der Waals surface area contributed by atoms with Gasteiger partial charge in [-0.2, -0.15) is 0 Å². The number of hydrogen-bond acceptors (Lipinski definition) is 4. The molecule has 3 N–H and O–H groups in total. The minimum atomic E-state index is -3.40. The Labute approximate surface area is 132 Å². The molecule has 1 heterocycles. The molecular weight excluding hydrogens is 468 g/mol. The van der Waals surface area contributed by atoms with E-state index in [-0.39, 0.29) is 34.6 Å². The minimum absolute atomic E-state index is 0. The van der Waals surface area contributed by atoms with E-state index in [1.54, 1.807) is 0 Å². The van der Waals surface area contributed by atoms with Crippen molar-refractivity contribution in [3.8, 4) is 0 Å². The Morgan fingerprint density at radius 1 is 1.26 bits per heavy atom. The van der Waals surface area contributed by atoms with Gasteiger partial charge >= 0.3 is 22.4 Å². The van der Waals surface area contributed by atoms with Gasteiger partial charge in [0.05, 0.1) is 5.75 Å². The minimum Gasteiger partial charge on any atom is -0.352 e. The molecule has 0 radical (unpaired) electrons. The van der Waals surface area contributed by atoms with Crippen LogP contribution in [0.4, 0.5) is 0 Å². The van der Waals surface area contributed by atoms with Crippen LogP contribution < -0.4 is 5.14 Å². The molecular formula is C10H22AuN4O2PS. The molecule has 19 heavy (non-hydrogen) atoms. The molecule has 0 aliphatic carbocycles. The molecule has 0 saturated heterocycles. The molecule has 0 aliphatic heterocycles. The molecule has 0 aliphatic rings. The standard InChI is InChI=1S/C6H15P.C4H7N4O2S.Au/c1-4-7(5-2)6-3;5-11(9,10)2-1-4-3-6-8-7-4;/h4-6H2,1-3H3;1-2H2,(H2,5,9,10)(H,6,7,8);/q;-1;+1. The number of nitrogens with two attached hydrogens (primary N) is 1. The van der Waals surface area contributed by atoms with Crippen LogP contribution in [0.5, 0.6) is 0 Å². The van der Waals surface area contributed by atoms with Crippen molar-refractivity contribution in [1.82, 2.24) is 15.4 Å². The predicted octanol–water partition coefficient (Wildman–Crippen LogP) is 0.961. The zero-order valence-electron chi connectivity index (χ0n) is 11.5. The van der Waals surface area contributed by atoms with Crippen molar-refractivity contribution in [3.63, 3.8) is 0 Å². The molecule has 1 rings (SSSR count). The Kier molecular flexibility index (Phi) is 13.6. The molecule has 1 aromatic heterocycles. The molecule has 0 aromatic carbocycles. The Morgan fingerprint density at radius 3 is 2.05 bits per heavy atom. The van der Waals surface area contributed by atoms with Crippen LogP contribution in [0.25, 0.3) is 0 Å². The van der Waals surface area contributed by atoms with Crippen molar-refractivity contribution in [2.45, 2.75) is 27.2 Å². The number of nitrogens with one attached hydrogen (secondary N) is 1. The average Bonchev–Trinajstić information content (AvgIpc) is 2.82. The van der Waals surface area contributed by atoms with E-state index in [0.717, 1.165) is 0 Å². The smallest absolute Gasteiger partial charge is 0.352 e. The van der Waals surface area contributed by atoms with Gasteiger partial charge in [0.15, 0.2) is 0 Å². The van der Waals surface area contributed by atoms with E-state index in [4.69, 9.17) is 5.14 Å². The summed E-state index contributed by atoms with van der Waals surface area (Å²) in [5.74, 6) is -0.118. The van der Waals surface area contributed by atoms with Crippen LogP contribution in [0.15, 0.2) is 0 Å². The van der Waals surface area contributed by atoms with Gasteiger partial charge in [0, 0.05) is 0 Å². The average molecular weight is 490 g/mol. The van der Waals surface area contributed by atoms with Crippen molar-refractivity contribution < 1.29 is 30.8 Å². The van der Waals surface area contributed by atoms with Crippen LogP contribution in [0.3, 0.4) is 0 Å². The fourth-order valence-electron chi connectivity index (χ4n) is 1.22. The van der Waals surface area contributed by atoms with Gasteiger partial charge in [-0.3, -0.25) is 0 Å². The summed E-state index contributed by atoms with van der Waals surface area (Å²) in [5.41, 5.74) is 0.541. The van der Waals surface area contributed by atoms with Crippen molar-refractivity contribution in [2.24, 2.45) is 5.14 Å². The van der Waals surface area contributed by atoms with Crippen LogP contribution in [0.1, 0.15) is 26.5 Å². The number of H-pyrrole nitrogens is 1. The molecule has 0 unspecified atom stereocenters. The third-order valence-corrected chi connectivity index (χ3v) is 5.85. The fourth-order valence-corrected chi connectivity index (χ4v) is 3.05. The van der Waals surface area contributed by atoms with E-state index in [1.165, 1.54) is 18.5 Å². The molecule has 0 spiro atoms. The van der Waals surface area contributed by atoms with E-state index in [2.05, 4.69) is 42.4 Å². The second-order valence-corrected chi connectivity index (χ2v) is 8.61. The second-order valence-electron chi connectivity index (χ2n) is 3.64. The fraction of sp³-hybridized carbons (Fsp3) is 0.800. The van der Waals surface area contributed by atoms with Crippen LogP contribution in [-0.2, 0) is 38.8 Å². The van der Waals surface area contributed by atoms with Gasteiger partial charge in [0.2, 0.25) is 10.0 Å². The summed E-state index contributed by atoms with van der Waals surface area (Å²) < 4.78 is 20.9. The molecule has 1 aromatic rings. The Morgan fingerprint density at radius 2 is 1.79 bits per heavy atom. The quantitative estimate of drug-likeness (QED) is 0.353. The largest absolute Gasteiger partial charge is 1.00 e. The van der Waals surface area contributed by atoms with Gasteiger partial charge in [-0.05, 0) is 24.9 Å². The SMILES string of the molecule is CCP(CC)CC.NS(=O)(=O)CCc1[c-]nn[nH]1.[Au+]. The zero-order chi connectivity index (χ0) is 14.0. The van der Waals surface area contributed by atoms with E-state index >= 15 is 0 Å². The van der Waals surface area contributed by atoms with Crippen molar-refractivity contribution in [3.05, 3.63) is 11.9 Å². The van der Waals surface area contributed by atoms with E-state index < -0.39 is 10.0 Å². The van der Waals surface area contributed by atoms with Crippen molar-refractivity contribution in [2.75, 3.05) is 24.2 Å². The third-order valence-electron chi connectivity index (χ3n) is 2.40. The first-order valence-corrected chi connectivity index (χ1v) is 9.54. The molecule has 0 amide bonds. The van der Waals surface area contributed by atoms with Gasteiger partial charge in [-0.15, -0.1) is 18.8 Å². The molecule has 0 saturated carbocycles. The normalized spacial score (nSPS) is 10.6. The summed E-state index contributed by atoms with van der Waals surface area (Å²) in [6.07, 6.45) is 7.00. The number of sulfonamides is 1. The summed E-state index contributed by atoms with van der Waals surface area (Å²) in [7, 11) is -2.95. The molecule has 6 nitrogen and oxygen atoms in total. The number of nitrogens with zero attached hydrogens (tertiary/aromatic N) is 2. The van der Waals surface area contributed by atoms with Gasteiger partial charge in [0.25, 0.3) is 0 Å². The zero-order valence-corrected chi connectivity index (χ0v) is 15.4. The monoisotopic (exact) mass is 490 g/mol.